The Balaban J connectivity index is 1.52. The first-order valence-corrected chi connectivity index (χ1v) is 11.9. The summed E-state index contributed by atoms with van der Waals surface area (Å²) in [4.78, 5) is 28.2. The summed E-state index contributed by atoms with van der Waals surface area (Å²) in [6, 6.07) is 22.5. The monoisotopic (exact) mass is 468 g/mol. The van der Waals surface area contributed by atoms with E-state index in [1.165, 1.54) is 22.4 Å². The smallest absolute Gasteiger partial charge is 0.327 e. The highest BCUT2D eigenvalue weighted by Crippen LogP contribution is 2.43. The maximum Gasteiger partial charge on any atom is 0.327 e. The average molecular weight is 469 g/mol. The third-order valence-corrected chi connectivity index (χ3v) is 7.41. The van der Waals surface area contributed by atoms with Crippen LogP contribution in [0.25, 0.3) is 32.8 Å². The first kappa shape index (κ1) is 20.6. The molecular formula is C27H20N2O4S. The Bertz CT molecular complexity index is 1630. The molecule has 3 aromatic carbocycles. The first-order chi connectivity index (χ1) is 16.6. The number of hydrogen-bond acceptors (Lipinski definition) is 4. The average Bonchev–Trinajstić information content (AvgIpc) is 3.48. The molecule has 0 saturated carbocycles. The van der Waals surface area contributed by atoms with Crippen LogP contribution in [0.15, 0.2) is 88.8 Å². The number of hydrogen-bond donors (Lipinski definition) is 2. The molecule has 0 bridgehead atoms. The van der Waals surface area contributed by atoms with Crippen molar-refractivity contribution in [3.8, 4) is 16.9 Å². The lowest BCUT2D eigenvalue weighted by atomic mass is 10.0. The van der Waals surface area contributed by atoms with Crippen molar-refractivity contribution in [3.63, 3.8) is 0 Å². The molecule has 1 atom stereocenters. The van der Waals surface area contributed by atoms with Crippen molar-refractivity contribution in [3.05, 3.63) is 94.9 Å². The number of aliphatic carboxylic acids is 1. The van der Waals surface area contributed by atoms with Gasteiger partial charge in [0.05, 0.1) is 5.03 Å². The molecule has 3 heterocycles. The minimum absolute atomic E-state index is 0.185. The molecule has 1 aliphatic heterocycles. The van der Waals surface area contributed by atoms with E-state index in [-0.39, 0.29) is 12.2 Å². The van der Waals surface area contributed by atoms with Gasteiger partial charge in [0.25, 0.3) is 5.56 Å². The molecule has 6 rings (SSSR count). The summed E-state index contributed by atoms with van der Waals surface area (Å²) in [5.74, 6) is 0.0470. The second kappa shape index (κ2) is 8.11. The van der Waals surface area contributed by atoms with E-state index in [0.717, 1.165) is 44.1 Å². The van der Waals surface area contributed by atoms with Crippen LogP contribution in [0.5, 0.6) is 5.75 Å². The van der Waals surface area contributed by atoms with Crippen LogP contribution in [0.4, 0.5) is 0 Å². The molecule has 0 spiro atoms. The van der Waals surface area contributed by atoms with Crippen LogP contribution in [-0.2, 0) is 11.4 Å². The lowest BCUT2D eigenvalue weighted by Crippen LogP contribution is -2.29. The van der Waals surface area contributed by atoms with Crippen molar-refractivity contribution in [2.24, 2.45) is 0 Å². The van der Waals surface area contributed by atoms with E-state index in [9.17, 15) is 14.7 Å². The summed E-state index contributed by atoms with van der Waals surface area (Å²) in [5, 5.41) is 13.4. The van der Waals surface area contributed by atoms with Gasteiger partial charge < -0.3 is 14.8 Å². The van der Waals surface area contributed by atoms with Crippen LogP contribution >= 0.6 is 11.8 Å². The van der Waals surface area contributed by atoms with Crippen LogP contribution in [-0.4, -0.2) is 26.4 Å². The van der Waals surface area contributed by atoms with Crippen molar-refractivity contribution < 1.29 is 14.6 Å². The van der Waals surface area contributed by atoms with Crippen molar-refractivity contribution in [1.82, 2.24) is 9.55 Å². The topological polar surface area (TPSA) is 84.3 Å². The van der Waals surface area contributed by atoms with Gasteiger partial charge >= 0.3 is 5.97 Å². The van der Waals surface area contributed by atoms with Gasteiger partial charge in [0, 0.05) is 51.0 Å². The molecule has 1 aliphatic rings. The maximum absolute atomic E-state index is 13.1. The number of para-hydroxylation sites is 1. The number of carboxylic acids is 1. The third-order valence-electron chi connectivity index (χ3n) is 6.25. The van der Waals surface area contributed by atoms with Crippen molar-refractivity contribution in [2.45, 2.75) is 17.7 Å². The molecule has 2 N–H and O–H groups in total. The van der Waals surface area contributed by atoms with Gasteiger partial charge in [0.1, 0.15) is 18.4 Å². The Morgan fingerprint density at radius 1 is 1.06 bits per heavy atom. The Labute approximate surface area is 198 Å². The predicted octanol–water partition coefficient (Wildman–Crippen LogP) is 5.46. The zero-order chi connectivity index (χ0) is 23.2. The summed E-state index contributed by atoms with van der Waals surface area (Å²) in [5.41, 5.74) is 3.14. The molecule has 0 fully saturated rings. The molecular weight excluding hydrogens is 448 g/mol. The number of carboxylic acid groups (broad SMARTS) is 1. The van der Waals surface area contributed by atoms with Crippen molar-refractivity contribution in [2.75, 3.05) is 5.75 Å². The number of ether oxygens (including phenoxy) is 1. The van der Waals surface area contributed by atoms with Gasteiger partial charge in [-0.1, -0.05) is 54.6 Å². The van der Waals surface area contributed by atoms with Crippen LogP contribution in [0.2, 0.25) is 0 Å². The number of thioether (sulfide) groups is 1. The van der Waals surface area contributed by atoms with Gasteiger partial charge in [0.2, 0.25) is 0 Å². The molecule has 0 unspecified atom stereocenters. The summed E-state index contributed by atoms with van der Waals surface area (Å²) in [7, 11) is 0. The number of nitrogens with one attached hydrogen (secondary N) is 1. The lowest BCUT2D eigenvalue weighted by molar-refractivity contribution is -0.140. The molecule has 0 radical (unpaired) electrons. The fourth-order valence-corrected chi connectivity index (χ4v) is 6.01. The fraction of sp³-hybridized carbons (Fsp3) is 0.111. The van der Waals surface area contributed by atoms with Crippen molar-refractivity contribution >= 4 is 39.4 Å². The number of carbonyl (C=O) groups is 1. The Morgan fingerprint density at radius 3 is 2.68 bits per heavy atom. The predicted molar refractivity (Wildman–Crippen MR) is 134 cm³/mol. The zero-order valence-corrected chi connectivity index (χ0v) is 18.8. The lowest BCUT2D eigenvalue weighted by Gasteiger charge is -2.17. The highest BCUT2D eigenvalue weighted by atomic mass is 32.2. The van der Waals surface area contributed by atoms with E-state index in [1.54, 1.807) is 0 Å². The van der Waals surface area contributed by atoms with Crippen LogP contribution < -0.4 is 10.3 Å². The van der Waals surface area contributed by atoms with Crippen LogP contribution in [0.1, 0.15) is 11.6 Å². The number of benzene rings is 3. The summed E-state index contributed by atoms with van der Waals surface area (Å²) in [6.45, 7) is 0.185. The maximum atomic E-state index is 13.1. The molecule has 7 heteroatoms. The molecule has 2 aromatic heterocycles. The SMILES string of the molecule is O=C(O)[C@@H]1CSc2c(-c3c[nH]c4ccccc34)c(COc3cccc4ccccc34)cc(=O)n21. The Hall–Kier alpha value is -3.97. The number of nitrogens with zero attached hydrogens (tertiary/aromatic N) is 1. The van der Waals surface area contributed by atoms with Crippen LogP contribution in [0.3, 0.4) is 0 Å². The number of pyridine rings is 1. The normalized spacial score (nSPS) is 15.0. The highest BCUT2D eigenvalue weighted by molar-refractivity contribution is 7.99. The number of rotatable bonds is 5. The Kier molecular flexibility index (Phi) is 4.92. The van der Waals surface area contributed by atoms with E-state index in [4.69, 9.17) is 4.74 Å². The fourth-order valence-electron chi connectivity index (χ4n) is 4.66. The van der Waals surface area contributed by atoms with E-state index >= 15 is 0 Å². The quantitative estimate of drug-likeness (QED) is 0.358. The van der Waals surface area contributed by atoms with Gasteiger partial charge in [-0.25, -0.2) is 4.79 Å². The van der Waals surface area contributed by atoms with E-state index < -0.39 is 12.0 Å². The van der Waals surface area contributed by atoms with Gasteiger partial charge in [-0.2, -0.15) is 0 Å². The minimum Gasteiger partial charge on any atom is -0.488 e. The van der Waals surface area contributed by atoms with E-state index in [1.807, 2.05) is 72.9 Å². The number of H-pyrrole nitrogens is 1. The molecule has 0 saturated heterocycles. The van der Waals surface area contributed by atoms with Crippen LogP contribution in [0, 0.1) is 0 Å². The van der Waals surface area contributed by atoms with Gasteiger partial charge in [-0.3, -0.25) is 9.36 Å². The largest absolute Gasteiger partial charge is 0.488 e. The molecule has 0 amide bonds. The Morgan fingerprint density at radius 2 is 1.82 bits per heavy atom. The standard InChI is InChI=1S/C27H20N2O4S/c30-24-12-17(14-33-23-11-5-7-16-6-1-2-8-18(16)23)25(26-29(24)22(15-34-26)27(31)32)20-13-28-21-10-4-3-9-19(20)21/h1-13,22,28H,14-15H2,(H,31,32)/t22-/m0/s1. The second-order valence-electron chi connectivity index (χ2n) is 8.24. The highest BCUT2D eigenvalue weighted by Gasteiger charge is 2.33. The molecule has 6 nitrogen and oxygen atoms in total. The number of fused-ring (bicyclic) bond motifs is 3. The first-order valence-electron chi connectivity index (χ1n) is 10.9. The molecule has 168 valence electrons. The zero-order valence-electron chi connectivity index (χ0n) is 18.0. The minimum atomic E-state index is -1.00. The van der Waals surface area contributed by atoms with Gasteiger partial charge in [0.15, 0.2) is 0 Å². The van der Waals surface area contributed by atoms with E-state index in [0.29, 0.717) is 10.8 Å². The summed E-state index contributed by atoms with van der Waals surface area (Å²) >= 11 is 1.40. The second-order valence-corrected chi connectivity index (χ2v) is 9.25. The van der Waals surface area contributed by atoms with E-state index in [2.05, 4.69) is 4.98 Å². The summed E-state index contributed by atoms with van der Waals surface area (Å²) in [6.07, 6.45) is 1.92. The number of aromatic amines is 1. The summed E-state index contributed by atoms with van der Waals surface area (Å²) < 4.78 is 7.67. The van der Waals surface area contributed by atoms with Gasteiger partial charge in [-0.15, -0.1) is 11.8 Å². The molecule has 34 heavy (non-hydrogen) atoms. The third kappa shape index (κ3) is 3.28. The van der Waals surface area contributed by atoms with Crippen molar-refractivity contribution in [1.29, 1.82) is 0 Å². The van der Waals surface area contributed by atoms with Gasteiger partial charge in [-0.05, 0) is 17.5 Å². The molecule has 0 aliphatic carbocycles. The molecule has 5 aromatic rings. The number of aromatic nitrogens is 2.